The topological polar surface area (TPSA) is 74.2 Å². The Balaban J connectivity index is 2.03. The van der Waals surface area contributed by atoms with Gasteiger partial charge in [0.15, 0.2) is 5.75 Å². The second-order valence-corrected chi connectivity index (χ2v) is 5.03. The zero-order valence-corrected chi connectivity index (χ0v) is 12.3. The van der Waals surface area contributed by atoms with Crippen LogP contribution >= 0.6 is 0 Å². The first-order valence-corrected chi connectivity index (χ1v) is 6.95. The van der Waals surface area contributed by atoms with Gasteiger partial charge >= 0.3 is 0 Å². The molecule has 116 valence electrons. The van der Waals surface area contributed by atoms with Gasteiger partial charge in [0.25, 0.3) is 0 Å². The van der Waals surface area contributed by atoms with Crippen LogP contribution in [0.4, 0.5) is 21.5 Å². The lowest BCUT2D eigenvalue weighted by molar-refractivity contribution is -0.114. The molecule has 6 heteroatoms. The molecule has 1 aromatic heterocycles. The fourth-order valence-corrected chi connectivity index (χ4v) is 2.29. The van der Waals surface area contributed by atoms with Gasteiger partial charge in [0, 0.05) is 29.9 Å². The molecule has 1 heterocycles. The molecule has 0 aliphatic rings. The number of phenolic OH excluding ortho intramolecular Hbond substituents is 1. The summed E-state index contributed by atoms with van der Waals surface area (Å²) >= 11 is 0. The quantitative estimate of drug-likeness (QED) is 0.644. The van der Waals surface area contributed by atoms with E-state index in [0.717, 1.165) is 0 Å². The second kappa shape index (κ2) is 5.92. The van der Waals surface area contributed by atoms with Crippen molar-refractivity contribution in [3.8, 4) is 5.75 Å². The predicted molar refractivity (Wildman–Crippen MR) is 87.4 cm³/mol. The summed E-state index contributed by atoms with van der Waals surface area (Å²) in [6.07, 6.45) is 1.55. The maximum absolute atomic E-state index is 13.0. The number of anilines is 3. The molecule has 0 fully saturated rings. The Morgan fingerprint density at radius 1 is 1.09 bits per heavy atom. The molecular formula is C17H14FN3O2. The largest absolute Gasteiger partial charge is 0.504 e. The molecule has 0 radical (unpaired) electrons. The summed E-state index contributed by atoms with van der Waals surface area (Å²) in [7, 11) is 0. The number of phenols is 1. The van der Waals surface area contributed by atoms with Crippen LogP contribution in [-0.2, 0) is 4.79 Å². The van der Waals surface area contributed by atoms with Gasteiger partial charge in [-0.05, 0) is 42.5 Å². The van der Waals surface area contributed by atoms with E-state index in [0.29, 0.717) is 28.0 Å². The molecule has 3 aromatic rings. The van der Waals surface area contributed by atoms with Gasteiger partial charge < -0.3 is 15.7 Å². The van der Waals surface area contributed by atoms with Gasteiger partial charge in [-0.2, -0.15) is 0 Å². The van der Waals surface area contributed by atoms with Crippen LogP contribution < -0.4 is 10.6 Å². The van der Waals surface area contributed by atoms with E-state index in [1.54, 1.807) is 36.5 Å². The summed E-state index contributed by atoms with van der Waals surface area (Å²) in [5.74, 6) is -0.687. The van der Waals surface area contributed by atoms with Gasteiger partial charge in [-0.25, -0.2) is 4.39 Å². The van der Waals surface area contributed by atoms with Crippen LogP contribution in [0.5, 0.6) is 5.75 Å². The highest BCUT2D eigenvalue weighted by molar-refractivity contribution is 6.01. The van der Waals surface area contributed by atoms with Crippen molar-refractivity contribution in [1.82, 2.24) is 4.98 Å². The minimum absolute atomic E-state index is 0.0968. The van der Waals surface area contributed by atoms with Crippen molar-refractivity contribution in [2.24, 2.45) is 0 Å². The number of nitrogens with zero attached hydrogens (tertiary/aromatic N) is 1. The van der Waals surface area contributed by atoms with E-state index in [2.05, 4.69) is 15.6 Å². The summed E-state index contributed by atoms with van der Waals surface area (Å²) in [5, 5.41) is 16.7. The third kappa shape index (κ3) is 3.06. The van der Waals surface area contributed by atoms with Gasteiger partial charge in [-0.15, -0.1) is 0 Å². The predicted octanol–water partition coefficient (Wildman–Crippen LogP) is 3.78. The number of amides is 1. The highest BCUT2D eigenvalue weighted by Crippen LogP contribution is 2.35. The van der Waals surface area contributed by atoms with Crippen molar-refractivity contribution in [2.45, 2.75) is 6.92 Å². The Morgan fingerprint density at radius 3 is 2.52 bits per heavy atom. The Kier molecular flexibility index (Phi) is 3.80. The molecule has 0 aliphatic heterocycles. The molecule has 3 rings (SSSR count). The van der Waals surface area contributed by atoms with E-state index in [4.69, 9.17) is 0 Å². The minimum Gasteiger partial charge on any atom is -0.504 e. The van der Waals surface area contributed by atoms with Crippen LogP contribution in [-0.4, -0.2) is 16.0 Å². The van der Waals surface area contributed by atoms with E-state index in [1.807, 2.05) is 0 Å². The Hall–Kier alpha value is -3.15. The molecule has 0 aliphatic carbocycles. The standard InChI is InChI=1S/C17H14FN3O2/c1-10(22)20-15-7-6-13-14(8-9-19-16(13)17(15)23)21-12-4-2-11(18)3-5-12/h2-9,23H,1H3,(H,19,21)(H,20,22). The van der Waals surface area contributed by atoms with Crippen molar-refractivity contribution < 1.29 is 14.3 Å². The smallest absolute Gasteiger partial charge is 0.221 e. The number of halogens is 1. The number of aromatic nitrogens is 1. The van der Waals surface area contributed by atoms with Crippen molar-refractivity contribution in [2.75, 3.05) is 10.6 Å². The first-order valence-electron chi connectivity index (χ1n) is 6.95. The van der Waals surface area contributed by atoms with Crippen LogP contribution in [0.15, 0.2) is 48.7 Å². The van der Waals surface area contributed by atoms with Crippen LogP contribution in [0.2, 0.25) is 0 Å². The summed E-state index contributed by atoms with van der Waals surface area (Å²) < 4.78 is 13.0. The average Bonchev–Trinajstić information content (AvgIpc) is 2.52. The van der Waals surface area contributed by atoms with Crippen LogP contribution in [0, 0.1) is 5.82 Å². The van der Waals surface area contributed by atoms with E-state index in [9.17, 15) is 14.3 Å². The van der Waals surface area contributed by atoms with Crippen molar-refractivity contribution in [3.05, 3.63) is 54.5 Å². The molecule has 0 atom stereocenters. The SMILES string of the molecule is CC(=O)Nc1ccc2c(Nc3ccc(F)cc3)ccnc2c1O. The molecular weight excluding hydrogens is 297 g/mol. The molecule has 0 saturated carbocycles. The number of aromatic hydroxyl groups is 1. The summed E-state index contributed by atoms with van der Waals surface area (Å²) in [6.45, 7) is 1.36. The number of carbonyl (C=O) groups excluding carboxylic acids is 1. The third-order valence-corrected chi connectivity index (χ3v) is 3.32. The van der Waals surface area contributed by atoms with Gasteiger partial charge in [0.2, 0.25) is 5.91 Å². The Labute approximate surface area is 131 Å². The number of fused-ring (bicyclic) bond motifs is 1. The molecule has 3 N–H and O–H groups in total. The number of benzene rings is 2. The van der Waals surface area contributed by atoms with E-state index in [-0.39, 0.29) is 17.5 Å². The van der Waals surface area contributed by atoms with E-state index < -0.39 is 0 Å². The normalized spacial score (nSPS) is 10.5. The Morgan fingerprint density at radius 2 is 1.83 bits per heavy atom. The highest BCUT2D eigenvalue weighted by atomic mass is 19.1. The lowest BCUT2D eigenvalue weighted by Crippen LogP contribution is -2.06. The molecule has 1 amide bonds. The maximum Gasteiger partial charge on any atom is 0.221 e. The van der Waals surface area contributed by atoms with Gasteiger partial charge in [0.05, 0.1) is 5.69 Å². The van der Waals surface area contributed by atoms with Crippen LogP contribution in [0.3, 0.4) is 0 Å². The fourth-order valence-electron chi connectivity index (χ4n) is 2.29. The zero-order chi connectivity index (χ0) is 16.4. The number of rotatable bonds is 3. The lowest BCUT2D eigenvalue weighted by Gasteiger charge is -2.12. The molecule has 23 heavy (non-hydrogen) atoms. The van der Waals surface area contributed by atoms with Gasteiger partial charge in [-0.3, -0.25) is 9.78 Å². The zero-order valence-electron chi connectivity index (χ0n) is 12.3. The maximum atomic E-state index is 13.0. The average molecular weight is 311 g/mol. The minimum atomic E-state index is -0.312. The summed E-state index contributed by atoms with van der Waals surface area (Å²) in [6, 6.07) is 11.1. The molecule has 0 saturated heterocycles. The molecule has 5 nitrogen and oxygen atoms in total. The van der Waals surface area contributed by atoms with Gasteiger partial charge in [-0.1, -0.05) is 0 Å². The monoisotopic (exact) mass is 311 g/mol. The van der Waals surface area contributed by atoms with Crippen molar-refractivity contribution in [1.29, 1.82) is 0 Å². The number of hydrogen-bond donors (Lipinski definition) is 3. The van der Waals surface area contributed by atoms with Crippen molar-refractivity contribution >= 4 is 33.9 Å². The molecule has 0 spiro atoms. The molecule has 2 aromatic carbocycles. The number of carbonyl (C=O) groups is 1. The molecule has 0 bridgehead atoms. The van der Waals surface area contributed by atoms with E-state index >= 15 is 0 Å². The second-order valence-electron chi connectivity index (χ2n) is 5.03. The Bertz CT molecular complexity index is 879. The van der Waals surface area contributed by atoms with Gasteiger partial charge in [0.1, 0.15) is 11.3 Å². The molecule has 0 unspecified atom stereocenters. The fraction of sp³-hybridized carbons (Fsp3) is 0.0588. The summed E-state index contributed by atoms with van der Waals surface area (Å²) in [5.41, 5.74) is 2.09. The van der Waals surface area contributed by atoms with E-state index in [1.165, 1.54) is 19.1 Å². The number of hydrogen-bond acceptors (Lipinski definition) is 4. The highest BCUT2D eigenvalue weighted by Gasteiger charge is 2.11. The first kappa shape index (κ1) is 14.8. The first-order chi connectivity index (χ1) is 11.0. The number of pyridine rings is 1. The van der Waals surface area contributed by atoms with Crippen LogP contribution in [0.1, 0.15) is 6.92 Å². The van der Waals surface area contributed by atoms with Crippen LogP contribution in [0.25, 0.3) is 10.9 Å². The summed E-state index contributed by atoms with van der Waals surface area (Å²) in [4.78, 5) is 15.3. The van der Waals surface area contributed by atoms with Crippen molar-refractivity contribution in [3.63, 3.8) is 0 Å². The lowest BCUT2D eigenvalue weighted by atomic mass is 10.1. The third-order valence-electron chi connectivity index (χ3n) is 3.32. The number of nitrogens with one attached hydrogen (secondary N) is 2.